The molecule has 4 rings (SSSR count). The Bertz CT molecular complexity index is 613. The summed E-state index contributed by atoms with van der Waals surface area (Å²) < 4.78 is 11.3. The van der Waals surface area contributed by atoms with Crippen LogP contribution in [0.5, 0.6) is 0 Å². The molecule has 3 heterocycles. The zero-order valence-corrected chi connectivity index (χ0v) is 14.0. The number of anilines is 1. The minimum Gasteiger partial charge on any atom is -0.408 e. The van der Waals surface area contributed by atoms with Crippen molar-refractivity contribution in [2.24, 2.45) is 17.8 Å². The lowest BCUT2D eigenvalue weighted by Gasteiger charge is -2.33. The van der Waals surface area contributed by atoms with Crippen LogP contribution in [0.1, 0.15) is 32.6 Å². The molecular formula is C17H26N4O2. The molecule has 0 spiro atoms. The molecule has 0 bridgehead atoms. The molecule has 6 nitrogen and oxygen atoms in total. The van der Waals surface area contributed by atoms with Crippen LogP contribution < -0.4 is 5.73 Å². The molecule has 0 saturated carbocycles. The first-order chi connectivity index (χ1) is 11.1. The molecule has 2 aliphatic heterocycles. The number of aromatic nitrogens is 2. The number of hydrogen-bond donors (Lipinski definition) is 1. The average molecular weight is 318 g/mol. The van der Waals surface area contributed by atoms with Gasteiger partial charge >= 0.3 is 6.01 Å². The van der Waals surface area contributed by atoms with Crippen LogP contribution in [0.3, 0.4) is 0 Å². The van der Waals surface area contributed by atoms with Crippen LogP contribution in [0.4, 0.5) is 6.01 Å². The van der Waals surface area contributed by atoms with Gasteiger partial charge in [-0.3, -0.25) is 0 Å². The number of rotatable bonds is 3. The van der Waals surface area contributed by atoms with Crippen molar-refractivity contribution in [1.29, 1.82) is 0 Å². The molecule has 3 aliphatic rings. The molecule has 2 fully saturated rings. The molecule has 0 aromatic carbocycles. The fraction of sp³-hybridized carbons (Fsp3) is 0.765. The van der Waals surface area contributed by atoms with E-state index in [1.165, 1.54) is 12.8 Å². The van der Waals surface area contributed by atoms with Gasteiger partial charge < -0.3 is 19.8 Å². The molecule has 23 heavy (non-hydrogen) atoms. The third-order valence-electron chi connectivity index (χ3n) is 6.13. The standard InChI is InChI=1S/C17H26N4O2/c1-11-4-3-5-12(2)14(11)7-21-6-13-8-22-10-17(13,9-21)15-19-20-16(18)23-15/h4,12-14H,3,5-10H2,1-2H3,(H2,18,20)/t12?,13-,14?,17-/m1/s1. The zero-order chi connectivity index (χ0) is 16.0. The Morgan fingerprint density at radius 1 is 1.43 bits per heavy atom. The lowest BCUT2D eigenvalue weighted by atomic mass is 9.79. The Morgan fingerprint density at radius 2 is 2.30 bits per heavy atom. The van der Waals surface area contributed by atoms with E-state index in [1.807, 2.05) is 0 Å². The Labute approximate surface area is 137 Å². The molecular weight excluding hydrogens is 292 g/mol. The third-order valence-corrected chi connectivity index (χ3v) is 6.13. The number of likely N-dealkylation sites (tertiary alicyclic amines) is 1. The molecule has 2 saturated heterocycles. The van der Waals surface area contributed by atoms with Crippen molar-refractivity contribution in [3.05, 3.63) is 17.5 Å². The van der Waals surface area contributed by atoms with E-state index >= 15 is 0 Å². The summed E-state index contributed by atoms with van der Waals surface area (Å²) in [5, 5.41) is 8.04. The normalized spacial score (nSPS) is 37.8. The first kappa shape index (κ1) is 15.1. The summed E-state index contributed by atoms with van der Waals surface area (Å²) in [6.45, 7) is 9.18. The topological polar surface area (TPSA) is 77.4 Å². The third kappa shape index (κ3) is 2.48. The maximum absolute atomic E-state index is 5.75. The van der Waals surface area contributed by atoms with E-state index in [-0.39, 0.29) is 11.4 Å². The average Bonchev–Trinajstić information content (AvgIpc) is 3.17. The summed E-state index contributed by atoms with van der Waals surface area (Å²) in [7, 11) is 0. The number of nitrogen functional groups attached to an aromatic ring is 1. The van der Waals surface area contributed by atoms with Crippen LogP contribution in [0.2, 0.25) is 0 Å². The highest BCUT2D eigenvalue weighted by Crippen LogP contribution is 2.44. The van der Waals surface area contributed by atoms with Crippen LogP contribution >= 0.6 is 0 Å². The van der Waals surface area contributed by atoms with Gasteiger partial charge in [0.1, 0.15) is 0 Å². The molecule has 1 aromatic rings. The predicted molar refractivity (Wildman–Crippen MR) is 86.8 cm³/mol. The van der Waals surface area contributed by atoms with Gasteiger partial charge in [0, 0.05) is 25.6 Å². The number of nitrogens with zero attached hydrogens (tertiary/aromatic N) is 3. The van der Waals surface area contributed by atoms with Crippen molar-refractivity contribution in [2.45, 2.75) is 32.1 Å². The Kier molecular flexibility index (Phi) is 3.69. The van der Waals surface area contributed by atoms with Crippen LogP contribution in [-0.2, 0) is 10.2 Å². The summed E-state index contributed by atoms with van der Waals surface area (Å²) in [6, 6.07) is 0.151. The van der Waals surface area contributed by atoms with E-state index in [0.717, 1.165) is 32.2 Å². The van der Waals surface area contributed by atoms with Crippen molar-refractivity contribution >= 4 is 6.01 Å². The van der Waals surface area contributed by atoms with Crippen LogP contribution in [0, 0.1) is 17.8 Å². The molecule has 4 atom stereocenters. The Morgan fingerprint density at radius 3 is 3.04 bits per heavy atom. The first-order valence-electron chi connectivity index (χ1n) is 8.65. The molecule has 1 aliphatic carbocycles. The minimum absolute atomic E-state index is 0.151. The molecule has 6 heteroatoms. The molecule has 1 aromatic heterocycles. The van der Waals surface area contributed by atoms with Crippen molar-refractivity contribution < 1.29 is 9.15 Å². The second-order valence-electron chi connectivity index (χ2n) is 7.62. The number of nitrogens with two attached hydrogens (primary N) is 1. The van der Waals surface area contributed by atoms with E-state index in [9.17, 15) is 0 Å². The van der Waals surface area contributed by atoms with Gasteiger partial charge in [-0.15, -0.1) is 5.10 Å². The van der Waals surface area contributed by atoms with Gasteiger partial charge in [-0.1, -0.05) is 23.7 Å². The predicted octanol–water partition coefficient (Wildman–Crippen LogP) is 1.84. The van der Waals surface area contributed by atoms with Gasteiger partial charge in [0.25, 0.3) is 0 Å². The van der Waals surface area contributed by atoms with Gasteiger partial charge in [0.15, 0.2) is 0 Å². The first-order valence-corrected chi connectivity index (χ1v) is 8.65. The van der Waals surface area contributed by atoms with E-state index in [2.05, 4.69) is 35.0 Å². The fourth-order valence-electron chi connectivity index (χ4n) is 4.69. The maximum Gasteiger partial charge on any atom is 0.312 e. The molecule has 0 amide bonds. The monoisotopic (exact) mass is 318 g/mol. The molecule has 0 radical (unpaired) electrons. The highest BCUT2D eigenvalue weighted by Gasteiger charge is 2.55. The number of fused-ring (bicyclic) bond motifs is 1. The summed E-state index contributed by atoms with van der Waals surface area (Å²) in [6.07, 6.45) is 4.94. The van der Waals surface area contributed by atoms with Gasteiger partial charge in [-0.2, -0.15) is 0 Å². The molecule has 2 unspecified atom stereocenters. The smallest absolute Gasteiger partial charge is 0.312 e. The van der Waals surface area contributed by atoms with Crippen molar-refractivity contribution in [3.8, 4) is 0 Å². The van der Waals surface area contributed by atoms with E-state index in [4.69, 9.17) is 14.9 Å². The fourth-order valence-corrected chi connectivity index (χ4v) is 4.69. The SMILES string of the molecule is CC1=CCCC(C)C1CN1C[C@@H]2COC[C@]2(c2nnc(N)o2)C1. The molecule has 126 valence electrons. The lowest BCUT2D eigenvalue weighted by Crippen LogP contribution is -2.38. The summed E-state index contributed by atoms with van der Waals surface area (Å²) >= 11 is 0. The highest BCUT2D eigenvalue weighted by molar-refractivity contribution is 5.20. The highest BCUT2D eigenvalue weighted by atomic mass is 16.5. The van der Waals surface area contributed by atoms with Crippen molar-refractivity contribution in [2.75, 3.05) is 38.6 Å². The zero-order valence-electron chi connectivity index (χ0n) is 14.0. The van der Waals surface area contributed by atoms with E-state index in [1.54, 1.807) is 5.57 Å². The van der Waals surface area contributed by atoms with E-state index in [0.29, 0.717) is 24.3 Å². The van der Waals surface area contributed by atoms with Crippen LogP contribution in [-0.4, -0.2) is 47.9 Å². The summed E-state index contributed by atoms with van der Waals surface area (Å²) in [5.74, 6) is 2.49. The minimum atomic E-state index is -0.167. The largest absolute Gasteiger partial charge is 0.408 e. The summed E-state index contributed by atoms with van der Waals surface area (Å²) in [4.78, 5) is 2.57. The lowest BCUT2D eigenvalue weighted by molar-refractivity contribution is 0.133. The van der Waals surface area contributed by atoms with Crippen LogP contribution in [0.15, 0.2) is 16.1 Å². The number of hydrogen-bond acceptors (Lipinski definition) is 6. The number of allylic oxidation sites excluding steroid dienone is 1. The second kappa shape index (κ2) is 5.60. The maximum atomic E-state index is 5.75. The van der Waals surface area contributed by atoms with E-state index < -0.39 is 0 Å². The van der Waals surface area contributed by atoms with Gasteiger partial charge in [0.2, 0.25) is 5.89 Å². The van der Waals surface area contributed by atoms with Crippen molar-refractivity contribution in [3.63, 3.8) is 0 Å². The summed E-state index contributed by atoms with van der Waals surface area (Å²) in [5.41, 5.74) is 7.03. The van der Waals surface area contributed by atoms with Gasteiger partial charge in [0.05, 0.1) is 18.6 Å². The van der Waals surface area contributed by atoms with Gasteiger partial charge in [-0.25, -0.2) is 0 Å². The second-order valence-corrected chi connectivity index (χ2v) is 7.62. The Hall–Kier alpha value is -1.40. The molecule has 2 N–H and O–H groups in total. The van der Waals surface area contributed by atoms with Gasteiger partial charge in [-0.05, 0) is 31.6 Å². The van der Waals surface area contributed by atoms with Crippen molar-refractivity contribution in [1.82, 2.24) is 15.1 Å². The van der Waals surface area contributed by atoms with Crippen LogP contribution in [0.25, 0.3) is 0 Å². The number of ether oxygens (including phenoxy) is 1. The Balaban J connectivity index is 1.53. The quantitative estimate of drug-likeness (QED) is 0.857.